The Balaban J connectivity index is 2.09. The van der Waals surface area contributed by atoms with Crippen LogP contribution in [0.1, 0.15) is 5.56 Å². The van der Waals surface area contributed by atoms with E-state index >= 15 is 0 Å². The number of fused-ring (bicyclic) bond motifs is 1. The Hall–Kier alpha value is -1.88. The summed E-state index contributed by atoms with van der Waals surface area (Å²) < 4.78 is 7.57. The topological polar surface area (TPSA) is 43.6 Å². The van der Waals surface area contributed by atoms with Gasteiger partial charge in [0, 0.05) is 6.54 Å². The monoisotopic (exact) mass is 260 g/mol. The molecule has 0 aliphatic carbocycles. The maximum atomic E-state index is 12.0. The lowest BCUT2D eigenvalue weighted by Gasteiger charge is -1.98. The van der Waals surface area contributed by atoms with Gasteiger partial charge in [-0.25, -0.2) is 0 Å². The molecule has 18 heavy (non-hydrogen) atoms. The molecule has 0 atom stereocenters. The van der Waals surface area contributed by atoms with Crippen molar-refractivity contribution in [3.05, 3.63) is 49.5 Å². The molecule has 1 aromatic heterocycles. The van der Waals surface area contributed by atoms with Crippen LogP contribution in [0.15, 0.2) is 34.1 Å². The molecule has 3 rings (SSSR count). The van der Waals surface area contributed by atoms with Gasteiger partial charge in [-0.1, -0.05) is 23.5 Å². The Labute approximate surface area is 107 Å². The van der Waals surface area contributed by atoms with E-state index in [0.29, 0.717) is 6.54 Å². The van der Waals surface area contributed by atoms with Gasteiger partial charge in [-0.15, -0.1) is 0 Å². The fourth-order valence-electron chi connectivity index (χ4n) is 1.92. The lowest BCUT2D eigenvalue weighted by atomic mass is 10.2. The number of aromatic nitrogens is 1. The molecule has 4 nitrogen and oxygen atoms in total. The van der Waals surface area contributed by atoms with Crippen molar-refractivity contribution in [2.45, 2.75) is 6.54 Å². The molecule has 5 heteroatoms. The first kappa shape index (κ1) is 11.2. The van der Waals surface area contributed by atoms with Crippen LogP contribution in [0.2, 0.25) is 0 Å². The summed E-state index contributed by atoms with van der Waals surface area (Å²) in [7, 11) is 1.64. The smallest absolute Gasteiger partial charge is 0.270 e. The molecule has 0 spiro atoms. The highest BCUT2D eigenvalue weighted by Crippen LogP contribution is 2.11. The first-order chi connectivity index (χ1) is 8.78. The average Bonchev–Trinajstić information content (AvgIpc) is 2.95. The molecule has 2 heterocycles. The normalized spacial score (nSPS) is 14.4. The van der Waals surface area contributed by atoms with Gasteiger partial charge < -0.3 is 4.74 Å². The Bertz CT molecular complexity index is 741. The van der Waals surface area contributed by atoms with Crippen LogP contribution in [-0.4, -0.2) is 18.2 Å². The van der Waals surface area contributed by atoms with Crippen LogP contribution in [0.25, 0.3) is 6.08 Å². The minimum atomic E-state index is 0.0621. The van der Waals surface area contributed by atoms with E-state index in [9.17, 15) is 4.79 Å². The number of benzene rings is 1. The molecule has 0 amide bonds. The Morgan fingerprint density at radius 1 is 1.39 bits per heavy atom. The lowest BCUT2D eigenvalue weighted by molar-refractivity contribution is 0.415. The van der Waals surface area contributed by atoms with E-state index in [4.69, 9.17) is 4.74 Å². The summed E-state index contributed by atoms with van der Waals surface area (Å²) in [5.74, 6) is 0.813. The zero-order valence-corrected chi connectivity index (χ0v) is 10.7. The number of hydrogen-bond donors (Lipinski definition) is 0. The zero-order valence-electron chi connectivity index (χ0n) is 9.92. The van der Waals surface area contributed by atoms with Gasteiger partial charge in [-0.2, -0.15) is 0 Å². The van der Waals surface area contributed by atoms with Gasteiger partial charge in [0.25, 0.3) is 5.56 Å². The highest BCUT2D eigenvalue weighted by Gasteiger charge is 2.09. The maximum absolute atomic E-state index is 12.0. The molecular weight excluding hydrogens is 248 g/mol. The van der Waals surface area contributed by atoms with E-state index in [-0.39, 0.29) is 5.56 Å². The van der Waals surface area contributed by atoms with Crippen LogP contribution in [0.4, 0.5) is 0 Å². The minimum Gasteiger partial charge on any atom is -0.497 e. The van der Waals surface area contributed by atoms with Crippen molar-refractivity contribution < 1.29 is 4.74 Å². The van der Waals surface area contributed by atoms with Crippen LogP contribution in [-0.2, 0) is 6.54 Å². The molecule has 1 aliphatic heterocycles. The number of methoxy groups -OCH3 is 1. The van der Waals surface area contributed by atoms with E-state index in [1.807, 2.05) is 30.3 Å². The van der Waals surface area contributed by atoms with E-state index in [1.165, 1.54) is 11.3 Å². The van der Waals surface area contributed by atoms with Gasteiger partial charge in [0.05, 0.1) is 18.2 Å². The molecule has 0 bridgehead atoms. The molecule has 0 fully saturated rings. The first-order valence-electron chi connectivity index (χ1n) is 5.68. The third-order valence-electron chi connectivity index (χ3n) is 2.87. The highest BCUT2D eigenvalue weighted by atomic mass is 32.1. The van der Waals surface area contributed by atoms with Crippen LogP contribution < -0.4 is 19.6 Å². The highest BCUT2D eigenvalue weighted by molar-refractivity contribution is 7.07. The zero-order chi connectivity index (χ0) is 12.5. The van der Waals surface area contributed by atoms with Crippen LogP contribution in [0.3, 0.4) is 0 Å². The fourth-order valence-corrected chi connectivity index (χ4v) is 2.95. The molecule has 0 saturated carbocycles. The molecule has 0 unspecified atom stereocenters. The second-order valence-corrected chi connectivity index (χ2v) is 5.01. The van der Waals surface area contributed by atoms with Crippen molar-refractivity contribution >= 4 is 17.4 Å². The lowest BCUT2D eigenvalue weighted by Crippen LogP contribution is -2.29. The molecule has 92 valence electrons. The quantitative estimate of drug-likeness (QED) is 0.783. The summed E-state index contributed by atoms with van der Waals surface area (Å²) in [6.07, 6.45) is 1.90. The van der Waals surface area contributed by atoms with Crippen molar-refractivity contribution in [3.63, 3.8) is 0 Å². The largest absolute Gasteiger partial charge is 0.497 e. The van der Waals surface area contributed by atoms with Crippen LogP contribution in [0.5, 0.6) is 5.75 Å². The van der Waals surface area contributed by atoms with E-state index in [1.54, 1.807) is 11.7 Å². The first-order valence-corrected chi connectivity index (χ1v) is 6.49. The number of nitrogens with zero attached hydrogens (tertiary/aromatic N) is 2. The third-order valence-corrected chi connectivity index (χ3v) is 3.92. The predicted molar refractivity (Wildman–Crippen MR) is 70.8 cm³/mol. The third kappa shape index (κ3) is 1.86. The molecular formula is C13H12N2O2S. The Morgan fingerprint density at radius 2 is 2.17 bits per heavy atom. The van der Waals surface area contributed by atoms with E-state index in [2.05, 4.69) is 4.99 Å². The molecule has 1 aromatic carbocycles. The molecule has 2 aromatic rings. The van der Waals surface area contributed by atoms with Gasteiger partial charge >= 0.3 is 0 Å². The van der Waals surface area contributed by atoms with Crippen LogP contribution >= 0.6 is 11.3 Å². The maximum Gasteiger partial charge on any atom is 0.270 e. The van der Waals surface area contributed by atoms with Gasteiger partial charge in [-0.3, -0.25) is 14.4 Å². The summed E-state index contributed by atoms with van der Waals surface area (Å²) in [5, 5.41) is 0. The number of thiazole rings is 1. The second kappa shape index (κ2) is 4.42. The van der Waals surface area contributed by atoms with Crippen molar-refractivity contribution in [1.29, 1.82) is 0 Å². The minimum absolute atomic E-state index is 0.0621. The fraction of sp³-hybridized carbons (Fsp3) is 0.231. The van der Waals surface area contributed by atoms with E-state index < -0.39 is 0 Å². The molecule has 1 aliphatic rings. The van der Waals surface area contributed by atoms with Gasteiger partial charge in [-0.05, 0) is 23.8 Å². The summed E-state index contributed by atoms with van der Waals surface area (Å²) in [4.78, 5) is 17.2. The molecule has 0 saturated heterocycles. The van der Waals surface area contributed by atoms with E-state index in [0.717, 1.165) is 27.2 Å². The number of rotatable bonds is 2. The van der Waals surface area contributed by atoms with Gasteiger partial charge in [0.2, 0.25) is 0 Å². The van der Waals surface area contributed by atoms with Crippen molar-refractivity contribution in [2.75, 3.05) is 13.7 Å². The average molecular weight is 260 g/mol. The SMILES string of the molecule is COc1ccc(/C=c2/sc3n(c2=O)CCN=3)cc1. The van der Waals surface area contributed by atoms with Crippen molar-refractivity contribution in [2.24, 2.45) is 4.99 Å². The Morgan fingerprint density at radius 3 is 2.83 bits per heavy atom. The summed E-state index contributed by atoms with van der Waals surface area (Å²) >= 11 is 1.45. The summed E-state index contributed by atoms with van der Waals surface area (Å²) in [5.41, 5.74) is 1.06. The van der Waals surface area contributed by atoms with Crippen LogP contribution in [0, 0.1) is 0 Å². The standard InChI is InChI=1S/C13H12N2O2S/c1-17-10-4-2-9(3-5-10)8-11-12(16)15-7-6-14-13(15)18-11/h2-5,8H,6-7H2,1H3/b11-8+. The molecule has 0 N–H and O–H groups in total. The number of ether oxygens (including phenoxy) is 1. The molecule has 0 radical (unpaired) electrons. The number of hydrogen-bond acceptors (Lipinski definition) is 4. The van der Waals surface area contributed by atoms with Gasteiger partial charge in [0.15, 0.2) is 4.80 Å². The second-order valence-electron chi connectivity index (χ2n) is 4.00. The van der Waals surface area contributed by atoms with Crippen molar-refractivity contribution in [1.82, 2.24) is 4.57 Å². The van der Waals surface area contributed by atoms with Gasteiger partial charge in [0.1, 0.15) is 5.75 Å². The summed E-state index contributed by atoms with van der Waals surface area (Å²) in [6.45, 7) is 1.44. The Kier molecular flexibility index (Phi) is 2.76. The summed E-state index contributed by atoms with van der Waals surface area (Å²) in [6, 6.07) is 7.64. The predicted octanol–water partition coefficient (Wildman–Crippen LogP) is 0.380. The van der Waals surface area contributed by atoms with Crippen molar-refractivity contribution in [3.8, 4) is 5.75 Å².